The minimum absolute atomic E-state index is 0.0567. The van der Waals surface area contributed by atoms with E-state index in [1.807, 2.05) is 36.6 Å². The number of amides is 3. The van der Waals surface area contributed by atoms with Crippen LogP contribution < -0.4 is 5.32 Å². The monoisotopic (exact) mass is 340 g/mol. The number of urea groups is 1. The van der Waals surface area contributed by atoms with E-state index in [-0.39, 0.29) is 5.70 Å². The van der Waals surface area contributed by atoms with E-state index < -0.39 is 24.5 Å². The number of rotatable bonds is 4. The second kappa shape index (κ2) is 6.23. The second-order valence-electron chi connectivity index (χ2n) is 5.64. The molecule has 0 saturated carbocycles. The van der Waals surface area contributed by atoms with Crippen LogP contribution in [0.2, 0.25) is 0 Å². The van der Waals surface area contributed by atoms with Gasteiger partial charge in [-0.3, -0.25) is 14.6 Å². The first kappa shape index (κ1) is 16.4. The van der Waals surface area contributed by atoms with Gasteiger partial charge in [-0.25, -0.2) is 9.69 Å². The molecule has 0 unspecified atom stereocenters. The molecule has 3 rings (SSSR count). The minimum Gasteiger partial charge on any atom is -0.480 e. The summed E-state index contributed by atoms with van der Waals surface area (Å²) in [5.41, 5.74) is 3.59. The number of aliphatic carboxylic acids is 1. The Hall–Kier alpha value is -3.42. The third kappa shape index (κ3) is 3.01. The van der Waals surface area contributed by atoms with Crippen LogP contribution in [0.15, 0.2) is 36.3 Å². The van der Waals surface area contributed by atoms with Crippen molar-refractivity contribution >= 4 is 24.0 Å². The molecule has 25 heavy (non-hydrogen) atoms. The summed E-state index contributed by atoms with van der Waals surface area (Å²) < 4.78 is 2.00. The Morgan fingerprint density at radius 3 is 2.60 bits per heavy atom. The molecule has 0 aromatic carbocycles. The molecule has 2 aromatic rings. The number of hydrogen-bond acceptors (Lipinski definition) is 4. The van der Waals surface area contributed by atoms with Crippen LogP contribution in [0.5, 0.6) is 0 Å². The summed E-state index contributed by atoms with van der Waals surface area (Å²) in [6.45, 7) is 3.16. The summed E-state index contributed by atoms with van der Waals surface area (Å²) >= 11 is 0. The van der Waals surface area contributed by atoms with Gasteiger partial charge in [0.15, 0.2) is 0 Å². The normalized spacial score (nSPS) is 15.8. The Kier molecular flexibility index (Phi) is 4.10. The third-order valence-corrected chi connectivity index (χ3v) is 3.95. The van der Waals surface area contributed by atoms with Gasteiger partial charge in [-0.2, -0.15) is 0 Å². The maximum absolute atomic E-state index is 12.2. The van der Waals surface area contributed by atoms with Crippen LogP contribution in [0, 0.1) is 13.8 Å². The zero-order chi connectivity index (χ0) is 18.1. The van der Waals surface area contributed by atoms with E-state index in [4.69, 9.17) is 5.11 Å². The number of carboxylic acid groups (broad SMARTS) is 1. The highest BCUT2D eigenvalue weighted by Gasteiger charge is 2.35. The van der Waals surface area contributed by atoms with Gasteiger partial charge in [0, 0.05) is 29.5 Å². The van der Waals surface area contributed by atoms with E-state index >= 15 is 0 Å². The van der Waals surface area contributed by atoms with Gasteiger partial charge < -0.3 is 15.0 Å². The van der Waals surface area contributed by atoms with Gasteiger partial charge in [0.25, 0.3) is 5.91 Å². The number of carbonyl (C=O) groups is 3. The van der Waals surface area contributed by atoms with Crippen molar-refractivity contribution in [3.05, 3.63) is 53.2 Å². The lowest BCUT2D eigenvalue weighted by Gasteiger charge is -2.09. The van der Waals surface area contributed by atoms with Gasteiger partial charge in [-0.05, 0) is 43.7 Å². The number of aromatic nitrogens is 2. The largest absolute Gasteiger partial charge is 0.480 e. The van der Waals surface area contributed by atoms with Gasteiger partial charge >= 0.3 is 12.0 Å². The van der Waals surface area contributed by atoms with Crippen molar-refractivity contribution in [2.24, 2.45) is 0 Å². The van der Waals surface area contributed by atoms with Gasteiger partial charge in [0.1, 0.15) is 12.2 Å². The number of pyridine rings is 1. The Labute approximate surface area is 143 Å². The van der Waals surface area contributed by atoms with Crippen molar-refractivity contribution in [3.8, 4) is 5.69 Å². The molecule has 128 valence electrons. The average Bonchev–Trinajstić information content (AvgIpc) is 2.99. The first-order chi connectivity index (χ1) is 11.9. The average molecular weight is 340 g/mol. The number of carbonyl (C=O) groups excluding carboxylic acids is 2. The lowest BCUT2D eigenvalue weighted by molar-refractivity contribution is -0.140. The molecule has 0 aliphatic carbocycles. The molecular formula is C17H16N4O4. The Morgan fingerprint density at radius 1 is 1.28 bits per heavy atom. The Morgan fingerprint density at radius 2 is 1.96 bits per heavy atom. The van der Waals surface area contributed by atoms with Crippen molar-refractivity contribution in [2.45, 2.75) is 13.8 Å². The lowest BCUT2D eigenvalue weighted by Crippen LogP contribution is -2.35. The summed E-state index contributed by atoms with van der Waals surface area (Å²) in [4.78, 5) is 39.4. The SMILES string of the molecule is Cc1cc(/C=C2/NC(=O)N(CC(=O)O)C2=O)c(C)n1-c1ccncc1. The molecule has 1 aliphatic heterocycles. The minimum atomic E-state index is -1.25. The van der Waals surface area contributed by atoms with Crippen molar-refractivity contribution in [1.29, 1.82) is 0 Å². The molecule has 1 fully saturated rings. The number of hydrogen-bond donors (Lipinski definition) is 2. The quantitative estimate of drug-likeness (QED) is 0.648. The van der Waals surface area contributed by atoms with E-state index in [2.05, 4.69) is 10.3 Å². The highest BCUT2D eigenvalue weighted by Crippen LogP contribution is 2.23. The molecule has 8 nitrogen and oxygen atoms in total. The molecule has 0 spiro atoms. The molecule has 8 heteroatoms. The van der Waals surface area contributed by atoms with Crippen molar-refractivity contribution < 1.29 is 19.5 Å². The van der Waals surface area contributed by atoms with E-state index in [1.54, 1.807) is 18.5 Å². The number of carboxylic acids is 1. The summed E-state index contributed by atoms with van der Waals surface area (Å²) in [7, 11) is 0. The summed E-state index contributed by atoms with van der Waals surface area (Å²) in [5, 5.41) is 11.2. The van der Waals surface area contributed by atoms with E-state index in [9.17, 15) is 14.4 Å². The number of nitrogens with one attached hydrogen (secondary N) is 1. The molecule has 2 N–H and O–H groups in total. The highest BCUT2D eigenvalue weighted by atomic mass is 16.4. The van der Waals surface area contributed by atoms with Crippen LogP contribution in [0.4, 0.5) is 4.79 Å². The molecule has 0 atom stereocenters. The number of imide groups is 1. The van der Waals surface area contributed by atoms with Gasteiger partial charge in [-0.1, -0.05) is 0 Å². The summed E-state index contributed by atoms with van der Waals surface area (Å²) in [5.74, 6) is -1.90. The highest BCUT2D eigenvalue weighted by molar-refractivity contribution is 6.15. The predicted molar refractivity (Wildman–Crippen MR) is 88.9 cm³/mol. The van der Waals surface area contributed by atoms with E-state index in [0.29, 0.717) is 4.90 Å². The first-order valence-corrected chi connectivity index (χ1v) is 7.54. The van der Waals surface area contributed by atoms with Crippen LogP contribution in [0.25, 0.3) is 11.8 Å². The van der Waals surface area contributed by atoms with Crippen LogP contribution in [0.3, 0.4) is 0 Å². The molecule has 3 amide bonds. The summed E-state index contributed by atoms with van der Waals surface area (Å²) in [6, 6.07) is 4.89. The van der Waals surface area contributed by atoms with Crippen molar-refractivity contribution in [3.63, 3.8) is 0 Å². The zero-order valence-corrected chi connectivity index (χ0v) is 13.7. The topological polar surface area (TPSA) is 105 Å². The standard InChI is InChI=1S/C17H16N4O4/c1-10-7-12(11(2)21(10)13-3-5-18-6-4-13)8-14-16(24)20(9-15(22)23)17(25)19-14/h3-8H,9H2,1-2H3,(H,19,25)(H,22,23)/b14-8+. The van der Waals surface area contributed by atoms with Crippen LogP contribution in [0.1, 0.15) is 17.0 Å². The number of nitrogens with zero attached hydrogens (tertiary/aromatic N) is 3. The van der Waals surface area contributed by atoms with Crippen molar-refractivity contribution in [2.75, 3.05) is 6.54 Å². The maximum Gasteiger partial charge on any atom is 0.329 e. The molecule has 1 saturated heterocycles. The fourth-order valence-corrected chi connectivity index (χ4v) is 2.83. The molecule has 2 aromatic heterocycles. The Bertz CT molecular complexity index is 899. The van der Waals surface area contributed by atoms with E-state index in [1.165, 1.54) is 0 Å². The third-order valence-electron chi connectivity index (χ3n) is 3.95. The summed E-state index contributed by atoms with van der Waals surface area (Å²) in [6.07, 6.45) is 4.94. The predicted octanol–water partition coefficient (Wildman–Crippen LogP) is 1.47. The molecule has 3 heterocycles. The second-order valence-corrected chi connectivity index (χ2v) is 5.64. The smallest absolute Gasteiger partial charge is 0.329 e. The fraction of sp³-hybridized carbons (Fsp3) is 0.176. The lowest BCUT2D eigenvalue weighted by atomic mass is 10.2. The zero-order valence-electron chi connectivity index (χ0n) is 13.7. The van der Waals surface area contributed by atoms with Crippen LogP contribution in [-0.4, -0.2) is 44.0 Å². The first-order valence-electron chi connectivity index (χ1n) is 7.54. The van der Waals surface area contributed by atoms with Gasteiger partial charge in [0.05, 0.1) is 0 Å². The molecular weight excluding hydrogens is 324 g/mol. The number of aryl methyl sites for hydroxylation is 1. The Balaban J connectivity index is 1.97. The van der Waals surface area contributed by atoms with Crippen LogP contribution in [-0.2, 0) is 9.59 Å². The van der Waals surface area contributed by atoms with Crippen molar-refractivity contribution in [1.82, 2.24) is 19.8 Å². The van der Waals surface area contributed by atoms with Gasteiger partial charge in [-0.15, -0.1) is 0 Å². The van der Waals surface area contributed by atoms with E-state index in [0.717, 1.165) is 22.6 Å². The fourth-order valence-electron chi connectivity index (χ4n) is 2.83. The van der Waals surface area contributed by atoms with Crippen LogP contribution >= 0.6 is 0 Å². The maximum atomic E-state index is 12.2. The molecule has 0 bridgehead atoms. The molecule has 0 radical (unpaired) electrons. The molecule has 1 aliphatic rings. The van der Waals surface area contributed by atoms with Gasteiger partial charge in [0.2, 0.25) is 0 Å².